The third-order valence-corrected chi connectivity index (χ3v) is 4.67. The van der Waals surface area contributed by atoms with E-state index in [0.29, 0.717) is 5.92 Å². The van der Waals surface area contributed by atoms with E-state index in [0.717, 1.165) is 31.4 Å². The van der Waals surface area contributed by atoms with Crippen LogP contribution in [0.25, 0.3) is 0 Å². The second kappa shape index (κ2) is 7.37. The highest BCUT2D eigenvalue weighted by atomic mass is 19.1. The van der Waals surface area contributed by atoms with Gasteiger partial charge in [-0.25, -0.2) is 4.39 Å². The first kappa shape index (κ1) is 19.1. The molecule has 1 saturated carbocycles. The van der Waals surface area contributed by atoms with Crippen molar-refractivity contribution in [3.8, 4) is 0 Å². The number of methoxy groups -OCH3 is 1. The maximum Gasteiger partial charge on any atom is 0.310 e. The third kappa shape index (κ3) is 4.90. The maximum absolute atomic E-state index is 14.3. The molecule has 0 heterocycles. The molecule has 1 aliphatic rings. The van der Waals surface area contributed by atoms with E-state index < -0.39 is 16.7 Å². The maximum atomic E-state index is 14.3. The average Bonchev–Trinajstić information content (AvgIpc) is 2.47. The van der Waals surface area contributed by atoms with Crippen molar-refractivity contribution in [2.75, 3.05) is 12.4 Å². The number of nitrogens with zero attached hydrogens (tertiary/aromatic N) is 1. The summed E-state index contributed by atoms with van der Waals surface area (Å²) in [7, 11) is 1.19. The average molecular weight is 352 g/mol. The number of rotatable bonds is 5. The Morgan fingerprint density at radius 1 is 1.44 bits per heavy atom. The lowest BCUT2D eigenvalue weighted by atomic mass is 9.70. The summed E-state index contributed by atoms with van der Waals surface area (Å²) in [5, 5.41) is 14.6. The van der Waals surface area contributed by atoms with Crippen molar-refractivity contribution in [1.29, 1.82) is 0 Å². The summed E-state index contributed by atoms with van der Waals surface area (Å²) in [6, 6.07) is 2.28. The molecule has 1 fully saturated rings. The van der Waals surface area contributed by atoms with Crippen LogP contribution in [0.15, 0.2) is 12.1 Å². The normalized spacial score (nSPS) is 22.3. The molecule has 0 aromatic heterocycles. The molecular formula is C18H25FN2O4. The highest BCUT2D eigenvalue weighted by Crippen LogP contribution is 2.40. The van der Waals surface area contributed by atoms with Crippen LogP contribution in [0.1, 0.15) is 45.6 Å². The van der Waals surface area contributed by atoms with Crippen LogP contribution in [0.4, 0.5) is 15.8 Å². The summed E-state index contributed by atoms with van der Waals surface area (Å²) >= 11 is 0. The van der Waals surface area contributed by atoms with Gasteiger partial charge in [-0.15, -0.1) is 0 Å². The quantitative estimate of drug-likeness (QED) is 0.491. The Balaban J connectivity index is 2.29. The number of ether oxygens (including phenoxy) is 1. The minimum atomic E-state index is -0.651. The van der Waals surface area contributed by atoms with Crippen LogP contribution in [0.2, 0.25) is 0 Å². The van der Waals surface area contributed by atoms with Crippen LogP contribution in [0, 0.1) is 27.3 Å². The van der Waals surface area contributed by atoms with Crippen LogP contribution in [0.5, 0.6) is 0 Å². The molecule has 25 heavy (non-hydrogen) atoms. The Morgan fingerprint density at radius 3 is 2.68 bits per heavy atom. The molecule has 0 amide bonds. The molecule has 0 spiro atoms. The van der Waals surface area contributed by atoms with Gasteiger partial charge in [-0.2, -0.15) is 0 Å². The van der Waals surface area contributed by atoms with Crippen molar-refractivity contribution in [3.63, 3.8) is 0 Å². The van der Waals surface area contributed by atoms with Gasteiger partial charge in [0.1, 0.15) is 11.5 Å². The second-order valence-electron chi connectivity index (χ2n) is 7.73. The number of nitrogens with one attached hydrogen (secondary N) is 1. The molecule has 1 aromatic rings. The summed E-state index contributed by atoms with van der Waals surface area (Å²) in [5.41, 5.74) is 0.0248. The van der Waals surface area contributed by atoms with E-state index in [-0.39, 0.29) is 34.8 Å². The fourth-order valence-corrected chi connectivity index (χ4v) is 3.91. The molecule has 1 aromatic carbocycles. The molecule has 0 radical (unpaired) electrons. The van der Waals surface area contributed by atoms with E-state index in [1.54, 1.807) is 0 Å². The molecule has 0 aliphatic heterocycles. The van der Waals surface area contributed by atoms with Gasteiger partial charge in [-0.1, -0.05) is 20.8 Å². The number of nitro benzene ring substituents is 1. The highest BCUT2D eigenvalue weighted by Gasteiger charge is 2.33. The fraction of sp³-hybridized carbons (Fsp3) is 0.611. The number of anilines is 1. The fourth-order valence-electron chi connectivity index (χ4n) is 3.91. The molecule has 0 saturated heterocycles. The number of benzene rings is 1. The summed E-state index contributed by atoms with van der Waals surface area (Å²) in [5.74, 6) is -0.804. The smallest absolute Gasteiger partial charge is 0.310 e. The predicted molar refractivity (Wildman–Crippen MR) is 93.0 cm³/mol. The second-order valence-corrected chi connectivity index (χ2v) is 7.73. The van der Waals surface area contributed by atoms with E-state index in [1.165, 1.54) is 7.11 Å². The molecule has 0 bridgehead atoms. The van der Waals surface area contributed by atoms with Crippen LogP contribution in [-0.4, -0.2) is 24.0 Å². The minimum Gasteiger partial charge on any atom is -0.469 e. The third-order valence-electron chi connectivity index (χ3n) is 4.67. The van der Waals surface area contributed by atoms with E-state index in [1.807, 2.05) is 0 Å². The molecule has 1 N–H and O–H groups in total. The molecule has 2 rings (SSSR count). The lowest BCUT2D eigenvalue weighted by Crippen LogP contribution is -2.35. The summed E-state index contributed by atoms with van der Waals surface area (Å²) in [6.07, 6.45) is 2.50. The van der Waals surface area contributed by atoms with E-state index in [9.17, 15) is 19.3 Å². The first-order valence-corrected chi connectivity index (χ1v) is 8.41. The van der Waals surface area contributed by atoms with Crippen molar-refractivity contribution in [2.45, 2.75) is 52.5 Å². The molecular weight excluding hydrogens is 327 g/mol. The van der Waals surface area contributed by atoms with E-state index >= 15 is 0 Å². The van der Waals surface area contributed by atoms with Crippen molar-refractivity contribution >= 4 is 17.3 Å². The number of nitro groups is 1. The zero-order valence-electron chi connectivity index (χ0n) is 15.1. The first-order valence-electron chi connectivity index (χ1n) is 8.41. The van der Waals surface area contributed by atoms with E-state index in [4.69, 9.17) is 0 Å². The Labute approximate surface area is 146 Å². The SMILES string of the molecule is COC(=O)Cc1cc([N+](=O)[O-])c(NC2CC(C)CC(C)(C)C2)cc1F. The minimum absolute atomic E-state index is 0.0403. The van der Waals surface area contributed by atoms with Gasteiger partial charge in [0.25, 0.3) is 5.69 Å². The summed E-state index contributed by atoms with van der Waals surface area (Å²) in [4.78, 5) is 22.2. The van der Waals surface area contributed by atoms with Crippen molar-refractivity contribution < 1.29 is 18.8 Å². The van der Waals surface area contributed by atoms with Crippen LogP contribution >= 0.6 is 0 Å². The molecule has 7 heteroatoms. The Hall–Kier alpha value is -2.18. The Bertz CT molecular complexity index is 675. The van der Waals surface area contributed by atoms with E-state index in [2.05, 4.69) is 30.8 Å². The van der Waals surface area contributed by atoms with Gasteiger partial charge in [-0.3, -0.25) is 14.9 Å². The highest BCUT2D eigenvalue weighted by molar-refractivity contribution is 5.74. The van der Waals surface area contributed by atoms with Crippen LogP contribution in [-0.2, 0) is 16.0 Å². The lowest BCUT2D eigenvalue weighted by Gasteiger charge is -2.39. The van der Waals surface area contributed by atoms with Gasteiger partial charge in [0.15, 0.2) is 0 Å². The Kier molecular flexibility index (Phi) is 5.65. The van der Waals surface area contributed by atoms with Gasteiger partial charge in [0, 0.05) is 23.7 Å². The number of esters is 1. The number of halogens is 1. The van der Waals surface area contributed by atoms with Gasteiger partial charge in [0.05, 0.1) is 18.5 Å². The number of carbonyl (C=O) groups is 1. The van der Waals surface area contributed by atoms with Gasteiger partial charge in [0.2, 0.25) is 0 Å². The monoisotopic (exact) mass is 352 g/mol. The molecule has 2 atom stereocenters. The largest absolute Gasteiger partial charge is 0.469 e. The standard InChI is InChI=1S/C18H25FN2O4/c1-11-5-13(10-18(2,3)9-11)20-15-8-14(19)12(7-17(22)25-4)6-16(15)21(23)24/h6,8,11,13,20H,5,7,9-10H2,1-4H3. The van der Waals surface area contributed by atoms with Crippen molar-refractivity contribution in [2.24, 2.45) is 11.3 Å². The predicted octanol–water partition coefficient (Wildman–Crippen LogP) is 4.08. The number of hydrogen-bond acceptors (Lipinski definition) is 5. The lowest BCUT2D eigenvalue weighted by molar-refractivity contribution is -0.384. The van der Waals surface area contributed by atoms with Crippen LogP contribution in [0.3, 0.4) is 0 Å². The topological polar surface area (TPSA) is 81.5 Å². The molecule has 2 unspecified atom stereocenters. The van der Waals surface area contributed by atoms with Gasteiger partial charge >= 0.3 is 5.97 Å². The summed E-state index contributed by atoms with van der Waals surface area (Å²) in [6.45, 7) is 6.50. The molecule has 6 nitrogen and oxygen atoms in total. The zero-order chi connectivity index (χ0) is 18.8. The first-order chi connectivity index (χ1) is 11.6. The van der Waals surface area contributed by atoms with Gasteiger partial charge in [-0.05, 0) is 30.6 Å². The zero-order valence-corrected chi connectivity index (χ0v) is 15.1. The van der Waals surface area contributed by atoms with Crippen molar-refractivity contribution in [1.82, 2.24) is 0 Å². The van der Waals surface area contributed by atoms with Crippen molar-refractivity contribution in [3.05, 3.63) is 33.6 Å². The molecule has 1 aliphatic carbocycles. The summed E-state index contributed by atoms with van der Waals surface area (Å²) < 4.78 is 18.8. The Morgan fingerprint density at radius 2 is 2.12 bits per heavy atom. The molecule has 138 valence electrons. The number of hydrogen-bond donors (Lipinski definition) is 1. The van der Waals surface area contributed by atoms with Gasteiger partial charge < -0.3 is 10.1 Å². The van der Waals surface area contributed by atoms with Crippen LogP contribution < -0.4 is 5.32 Å². The number of carbonyl (C=O) groups excluding carboxylic acids is 1.